The largest absolute Gasteiger partial charge is 0.350 e. The molecule has 3 rings (SSSR count). The van der Waals surface area contributed by atoms with Crippen molar-refractivity contribution >= 4 is 5.91 Å². The first-order chi connectivity index (χ1) is 12.8. The molecule has 0 aliphatic rings. The van der Waals surface area contributed by atoms with Crippen LogP contribution in [-0.2, 0) is 11.8 Å². The zero-order valence-corrected chi connectivity index (χ0v) is 15.8. The number of hydrogen-bond acceptors (Lipinski definition) is 5. The lowest BCUT2D eigenvalue weighted by Gasteiger charge is -2.10. The molecule has 0 saturated carbocycles. The van der Waals surface area contributed by atoms with Crippen molar-refractivity contribution in [3.8, 4) is 5.69 Å². The number of carbonyl (C=O) groups is 1. The second-order valence-electron chi connectivity index (χ2n) is 7.31. The number of aromatic nitrogens is 4. The Labute approximate surface area is 156 Å². The fourth-order valence-corrected chi connectivity index (χ4v) is 2.49. The Bertz CT molecular complexity index is 955. The molecular weight excluding hydrogens is 349 g/mol. The zero-order valence-electron chi connectivity index (χ0n) is 15.8. The van der Waals surface area contributed by atoms with Gasteiger partial charge in [0.25, 0.3) is 5.91 Å². The molecular formula is C19H22FN5O2. The van der Waals surface area contributed by atoms with Gasteiger partial charge in [0.2, 0.25) is 5.89 Å². The maximum atomic E-state index is 14.0. The van der Waals surface area contributed by atoms with E-state index in [1.54, 1.807) is 31.2 Å². The Hall–Kier alpha value is -3.03. The first-order valence-corrected chi connectivity index (χ1v) is 8.68. The van der Waals surface area contributed by atoms with E-state index in [-0.39, 0.29) is 17.0 Å². The maximum Gasteiger partial charge on any atom is 0.271 e. The van der Waals surface area contributed by atoms with Gasteiger partial charge in [-0.3, -0.25) is 4.79 Å². The van der Waals surface area contributed by atoms with Crippen LogP contribution < -0.4 is 5.32 Å². The number of aryl methyl sites for hydroxylation is 1. The van der Waals surface area contributed by atoms with E-state index < -0.39 is 5.82 Å². The topological polar surface area (TPSA) is 85.8 Å². The van der Waals surface area contributed by atoms with Crippen LogP contribution in [0.2, 0.25) is 0 Å². The lowest BCUT2D eigenvalue weighted by atomic mass is 9.97. The lowest BCUT2D eigenvalue weighted by Crippen LogP contribution is -2.26. The van der Waals surface area contributed by atoms with Crippen molar-refractivity contribution in [3.63, 3.8) is 0 Å². The van der Waals surface area contributed by atoms with Crippen LogP contribution in [0.3, 0.4) is 0 Å². The zero-order chi connectivity index (χ0) is 19.6. The molecule has 0 atom stereocenters. The van der Waals surface area contributed by atoms with Crippen LogP contribution in [0.25, 0.3) is 5.69 Å². The number of benzene rings is 1. The summed E-state index contributed by atoms with van der Waals surface area (Å²) in [5.74, 6) is 0.353. The van der Waals surface area contributed by atoms with Crippen molar-refractivity contribution in [2.45, 2.75) is 39.5 Å². The van der Waals surface area contributed by atoms with Gasteiger partial charge in [-0.1, -0.05) is 38.1 Å². The van der Waals surface area contributed by atoms with E-state index in [4.69, 9.17) is 4.52 Å². The highest BCUT2D eigenvalue weighted by molar-refractivity contribution is 5.92. The first-order valence-electron chi connectivity index (χ1n) is 8.68. The van der Waals surface area contributed by atoms with Crippen molar-refractivity contribution in [2.24, 2.45) is 0 Å². The molecule has 1 aromatic carbocycles. The number of hydrogen-bond donors (Lipinski definition) is 1. The molecule has 8 heteroatoms. The molecule has 1 amide bonds. The lowest BCUT2D eigenvalue weighted by molar-refractivity contribution is 0.0948. The third-order valence-corrected chi connectivity index (χ3v) is 3.94. The molecule has 0 unspecified atom stereocenters. The number of nitrogens with zero attached hydrogens (tertiary/aromatic N) is 4. The van der Waals surface area contributed by atoms with Crippen LogP contribution >= 0.6 is 0 Å². The molecule has 27 heavy (non-hydrogen) atoms. The van der Waals surface area contributed by atoms with Gasteiger partial charge in [0.1, 0.15) is 11.5 Å². The summed E-state index contributed by atoms with van der Waals surface area (Å²) in [6, 6.07) is 7.91. The molecule has 3 aromatic rings. The van der Waals surface area contributed by atoms with E-state index in [0.29, 0.717) is 36.1 Å². The number of rotatable bonds is 5. The molecule has 0 saturated heterocycles. The fourth-order valence-electron chi connectivity index (χ4n) is 2.49. The smallest absolute Gasteiger partial charge is 0.271 e. The Morgan fingerprint density at radius 2 is 2.04 bits per heavy atom. The van der Waals surface area contributed by atoms with Crippen molar-refractivity contribution < 1.29 is 13.7 Å². The fraction of sp³-hybridized carbons (Fsp3) is 0.368. The number of carbonyl (C=O) groups excluding carboxylic acids is 1. The summed E-state index contributed by atoms with van der Waals surface area (Å²) in [6.07, 6.45) is 0.443. The van der Waals surface area contributed by atoms with Gasteiger partial charge in [-0.15, -0.1) is 0 Å². The third-order valence-electron chi connectivity index (χ3n) is 3.94. The average molecular weight is 371 g/mol. The van der Waals surface area contributed by atoms with E-state index in [1.807, 2.05) is 20.8 Å². The number of amides is 1. The Morgan fingerprint density at radius 3 is 2.70 bits per heavy atom. The highest BCUT2D eigenvalue weighted by Gasteiger charge is 2.21. The normalized spacial score (nSPS) is 11.6. The Balaban J connectivity index is 1.63. The van der Waals surface area contributed by atoms with Gasteiger partial charge < -0.3 is 9.84 Å². The summed E-state index contributed by atoms with van der Waals surface area (Å²) < 4.78 is 20.6. The summed E-state index contributed by atoms with van der Waals surface area (Å²) in [6.45, 7) is 8.07. The average Bonchev–Trinajstić information content (AvgIpc) is 3.22. The van der Waals surface area contributed by atoms with Gasteiger partial charge in [0.15, 0.2) is 11.5 Å². The van der Waals surface area contributed by atoms with Crippen LogP contribution in [0.4, 0.5) is 4.39 Å². The van der Waals surface area contributed by atoms with Gasteiger partial charge in [0, 0.05) is 24.1 Å². The predicted molar refractivity (Wildman–Crippen MR) is 97.3 cm³/mol. The summed E-state index contributed by atoms with van der Waals surface area (Å²) in [5.41, 5.74) is 0.971. The number of halogens is 1. The number of nitrogens with one attached hydrogen (secondary N) is 1. The molecule has 0 aliphatic heterocycles. The molecule has 0 aliphatic carbocycles. The Kier molecular flexibility index (Phi) is 5.07. The summed E-state index contributed by atoms with van der Waals surface area (Å²) in [7, 11) is 0. The molecule has 2 heterocycles. The molecule has 0 fully saturated rings. The Morgan fingerprint density at radius 1 is 1.30 bits per heavy atom. The minimum Gasteiger partial charge on any atom is -0.350 e. The van der Waals surface area contributed by atoms with Gasteiger partial charge >= 0.3 is 0 Å². The molecule has 1 N–H and O–H groups in total. The van der Waals surface area contributed by atoms with Crippen LogP contribution in [0.5, 0.6) is 0 Å². The van der Waals surface area contributed by atoms with Crippen molar-refractivity contribution in [1.82, 2.24) is 25.2 Å². The molecule has 2 aromatic heterocycles. The van der Waals surface area contributed by atoms with E-state index in [9.17, 15) is 9.18 Å². The van der Waals surface area contributed by atoms with E-state index in [0.717, 1.165) is 0 Å². The second-order valence-corrected chi connectivity index (χ2v) is 7.31. The van der Waals surface area contributed by atoms with Gasteiger partial charge in [0.05, 0.1) is 0 Å². The summed E-state index contributed by atoms with van der Waals surface area (Å²) in [5, 5.41) is 10.9. The summed E-state index contributed by atoms with van der Waals surface area (Å²) >= 11 is 0. The predicted octanol–water partition coefficient (Wildman–Crippen LogP) is 2.97. The molecule has 0 bridgehead atoms. The highest BCUT2D eigenvalue weighted by Crippen LogP contribution is 2.19. The minimum atomic E-state index is -0.401. The van der Waals surface area contributed by atoms with Gasteiger partial charge in [-0.25, -0.2) is 9.07 Å². The van der Waals surface area contributed by atoms with Gasteiger partial charge in [-0.05, 0) is 25.1 Å². The monoisotopic (exact) mass is 371 g/mol. The van der Waals surface area contributed by atoms with Crippen molar-refractivity contribution in [3.05, 3.63) is 59.3 Å². The maximum absolute atomic E-state index is 14.0. The molecule has 7 nitrogen and oxygen atoms in total. The quantitative estimate of drug-likeness (QED) is 0.745. The second kappa shape index (κ2) is 7.30. The van der Waals surface area contributed by atoms with Gasteiger partial charge in [-0.2, -0.15) is 10.1 Å². The van der Waals surface area contributed by atoms with Crippen LogP contribution in [0.15, 0.2) is 34.9 Å². The van der Waals surface area contributed by atoms with Crippen molar-refractivity contribution in [1.29, 1.82) is 0 Å². The van der Waals surface area contributed by atoms with Crippen molar-refractivity contribution in [2.75, 3.05) is 6.54 Å². The van der Waals surface area contributed by atoms with E-state index in [1.165, 1.54) is 10.7 Å². The third kappa shape index (κ3) is 4.21. The first kappa shape index (κ1) is 18.8. The van der Waals surface area contributed by atoms with E-state index in [2.05, 4.69) is 20.6 Å². The SMILES string of the molecule is Cc1cc(C(=O)NCCc2noc(C(C)(C)C)n2)nn1-c1ccccc1F. The van der Waals surface area contributed by atoms with Crippen LogP contribution in [0.1, 0.15) is 48.7 Å². The molecule has 0 spiro atoms. The highest BCUT2D eigenvalue weighted by atomic mass is 19.1. The van der Waals surface area contributed by atoms with Crippen LogP contribution in [0, 0.1) is 12.7 Å². The summed E-state index contributed by atoms with van der Waals surface area (Å²) in [4.78, 5) is 16.7. The van der Waals surface area contributed by atoms with E-state index >= 15 is 0 Å². The molecule has 142 valence electrons. The minimum absolute atomic E-state index is 0.217. The number of para-hydroxylation sites is 1. The standard InChI is InChI=1S/C19H22FN5O2/c1-12-11-14(23-25(12)15-8-6-5-7-13(15)20)17(26)21-10-9-16-22-18(27-24-16)19(2,3)4/h5-8,11H,9-10H2,1-4H3,(H,21,26). The molecule has 0 radical (unpaired) electrons. The van der Waals surface area contributed by atoms with Crippen LogP contribution in [-0.4, -0.2) is 32.4 Å².